The molecule has 0 saturated carbocycles. The molecule has 0 spiro atoms. The van der Waals surface area contributed by atoms with E-state index in [1.807, 2.05) is 26.8 Å². The van der Waals surface area contributed by atoms with Gasteiger partial charge in [-0.2, -0.15) is 0 Å². The maximum atomic E-state index is 11.7. The van der Waals surface area contributed by atoms with Crippen LogP contribution in [-0.2, 0) is 4.79 Å². The predicted octanol–water partition coefficient (Wildman–Crippen LogP) is 2.61. The van der Waals surface area contributed by atoms with Crippen LogP contribution in [0.15, 0.2) is 12.7 Å². The maximum Gasteiger partial charge on any atom is 0.237 e. The van der Waals surface area contributed by atoms with Gasteiger partial charge in [-0.15, -0.1) is 6.58 Å². The van der Waals surface area contributed by atoms with E-state index >= 15 is 0 Å². The fourth-order valence-corrected chi connectivity index (χ4v) is 1.48. The van der Waals surface area contributed by atoms with E-state index in [4.69, 9.17) is 5.73 Å². The number of amides is 1. The number of unbranched alkanes of at least 4 members (excludes halogenated alkanes) is 4. The zero-order valence-corrected chi connectivity index (χ0v) is 11.6. The zero-order chi connectivity index (χ0) is 13.3. The van der Waals surface area contributed by atoms with E-state index in [2.05, 4.69) is 11.9 Å². The molecule has 0 radical (unpaired) electrons. The van der Waals surface area contributed by atoms with Gasteiger partial charge >= 0.3 is 0 Å². The van der Waals surface area contributed by atoms with Crippen molar-refractivity contribution in [3.8, 4) is 0 Å². The van der Waals surface area contributed by atoms with Gasteiger partial charge in [0.25, 0.3) is 0 Å². The van der Waals surface area contributed by atoms with E-state index < -0.39 is 6.04 Å². The minimum absolute atomic E-state index is 0.0383. The highest BCUT2D eigenvalue weighted by Gasteiger charge is 2.26. The van der Waals surface area contributed by atoms with Crippen molar-refractivity contribution in [1.82, 2.24) is 5.32 Å². The fourth-order valence-electron chi connectivity index (χ4n) is 1.48. The summed E-state index contributed by atoms with van der Waals surface area (Å²) in [6.45, 7) is 10.4. The number of allylic oxidation sites excluding steroid dienone is 1. The lowest BCUT2D eigenvalue weighted by atomic mass is 9.87. The van der Waals surface area contributed by atoms with E-state index in [0.717, 1.165) is 25.8 Å². The van der Waals surface area contributed by atoms with Crippen LogP contribution in [0, 0.1) is 5.41 Å². The SMILES string of the molecule is C=CCCCCCCNC(=O)[C@@H](N)C(C)(C)C. The topological polar surface area (TPSA) is 55.1 Å². The van der Waals surface area contributed by atoms with Gasteiger partial charge in [-0.25, -0.2) is 0 Å². The van der Waals surface area contributed by atoms with Gasteiger partial charge in [-0.1, -0.05) is 39.7 Å². The van der Waals surface area contributed by atoms with Crippen LogP contribution in [0.5, 0.6) is 0 Å². The molecular weight excluding hydrogens is 212 g/mol. The summed E-state index contributed by atoms with van der Waals surface area (Å²) >= 11 is 0. The Balaban J connectivity index is 3.55. The Kier molecular flexibility index (Phi) is 7.88. The largest absolute Gasteiger partial charge is 0.355 e. The summed E-state index contributed by atoms with van der Waals surface area (Å²) in [5, 5.41) is 2.90. The Morgan fingerprint density at radius 3 is 2.41 bits per heavy atom. The molecular formula is C14H28N2O. The molecule has 0 saturated heterocycles. The summed E-state index contributed by atoms with van der Waals surface area (Å²) in [5.41, 5.74) is 5.68. The molecule has 0 aromatic heterocycles. The van der Waals surface area contributed by atoms with Crippen LogP contribution in [-0.4, -0.2) is 18.5 Å². The molecule has 3 heteroatoms. The molecule has 100 valence electrons. The van der Waals surface area contributed by atoms with Crippen LogP contribution in [0.1, 0.15) is 52.9 Å². The second kappa shape index (κ2) is 8.29. The lowest BCUT2D eigenvalue weighted by Gasteiger charge is -2.25. The smallest absolute Gasteiger partial charge is 0.237 e. The summed E-state index contributed by atoms with van der Waals surface area (Å²) in [6.07, 6.45) is 7.61. The number of carbonyl (C=O) groups is 1. The van der Waals surface area contributed by atoms with Crippen molar-refractivity contribution in [2.45, 2.75) is 58.9 Å². The van der Waals surface area contributed by atoms with E-state index in [0.29, 0.717) is 0 Å². The number of nitrogens with two attached hydrogens (primary N) is 1. The third-order valence-corrected chi connectivity index (χ3v) is 2.85. The van der Waals surface area contributed by atoms with Gasteiger partial charge in [0.1, 0.15) is 0 Å². The molecule has 0 aliphatic heterocycles. The van der Waals surface area contributed by atoms with Crippen molar-refractivity contribution in [2.24, 2.45) is 11.1 Å². The lowest BCUT2D eigenvalue weighted by molar-refractivity contribution is -0.124. The predicted molar refractivity (Wildman–Crippen MR) is 73.7 cm³/mol. The number of rotatable bonds is 8. The third-order valence-electron chi connectivity index (χ3n) is 2.85. The van der Waals surface area contributed by atoms with Crippen LogP contribution in [0.3, 0.4) is 0 Å². The molecule has 0 fully saturated rings. The molecule has 1 amide bonds. The van der Waals surface area contributed by atoms with Crippen molar-refractivity contribution in [3.63, 3.8) is 0 Å². The summed E-state index contributed by atoms with van der Waals surface area (Å²) in [5.74, 6) is -0.0383. The minimum Gasteiger partial charge on any atom is -0.355 e. The highest BCUT2D eigenvalue weighted by molar-refractivity contribution is 5.82. The van der Waals surface area contributed by atoms with Crippen molar-refractivity contribution in [3.05, 3.63) is 12.7 Å². The van der Waals surface area contributed by atoms with Crippen molar-refractivity contribution >= 4 is 5.91 Å². The lowest BCUT2D eigenvalue weighted by Crippen LogP contribution is -2.48. The number of hydrogen-bond donors (Lipinski definition) is 2. The fraction of sp³-hybridized carbons (Fsp3) is 0.786. The highest BCUT2D eigenvalue weighted by Crippen LogP contribution is 2.17. The van der Waals surface area contributed by atoms with Gasteiger partial charge in [0.15, 0.2) is 0 Å². The van der Waals surface area contributed by atoms with Crippen molar-refractivity contribution in [1.29, 1.82) is 0 Å². The summed E-state index contributed by atoms with van der Waals surface area (Å²) < 4.78 is 0. The molecule has 0 heterocycles. The quantitative estimate of drug-likeness (QED) is 0.506. The van der Waals surface area contributed by atoms with Gasteiger partial charge < -0.3 is 11.1 Å². The van der Waals surface area contributed by atoms with Gasteiger partial charge in [0.2, 0.25) is 5.91 Å². The van der Waals surface area contributed by atoms with Crippen LogP contribution in [0.4, 0.5) is 0 Å². The van der Waals surface area contributed by atoms with Crippen molar-refractivity contribution in [2.75, 3.05) is 6.54 Å². The first-order valence-corrected chi connectivity index (χ1v) is 6.53. The Morgan fingerprint density at radius 2 is 1.88 bits per heavy atom. The molecule has 3 nitrogen and oxygen atoms in total. The normalized spacial score (nSPS) is 13.2. The average molecular weight is 240 g/mol. The van der Waals surface area contributed by atoms with Crippen LogP contribution in [0.2, 0.25) is 0 Å². The third kappa shape index (κ3) is 7.97. The monoisotopic (exact) mass is 240 g/mol. The molecule has 0 aliphatic rings. The van der Waals surface area contributed by atoms with Crippen LogP contribution in [0.25, 0.3) is 0 Å². The number of nitrogens with one attached hydrogen (secondary N) is 1. The summed E-state index contributed by atoms with van der Waals surface area (Å²) in [4.78, 5) is 11.7. The van der Waals surface area contributed by atoms with Crippen molar-refractivity contribution < 1.29 is 4.79 Å². The second-order valence-electron chi connectivity index (χ2n) is 5.63. The molecule has 0 rings (SSSR count). The summed E-state index contributed by atoms with van der Waals surface area (Å²) in [7, 11) is 0. The first-order valence-electron chi connectivity index (χ1n) is 6.53. The second-order valence-corrected chi connectivity index (χ2v) is 5.63. The molecule has 1 atom stereocenters. The van der Waals surface area contributed by atoms with E-state index in [1.54, 1.807) is 0 Å². The highest BCUT2D eigenvalue weighted by atomic mass is 16.2. The van der Waals surface area contributed by atoms with E-state index in [-0.39, 0.29) is 11.3 Å². The van der Waals surface area contributed by atoms with E-state index in [1.165, 1.54) is 12.8 Å². The Bertz CT molecular complexity index is 231. The van der Waals surface area contributed by atoms with Crippen LogP contribution < -0.4 is 11.1 Å². The summed E-state index contributed by atoms with van der Waals surface area (Å²) in [6, 6.07) is -0.428. The molecule has 3 N–H and O–H groups in total. The first-order chi connectivity index (χ1) is 7.89. The Morgan fingerprint density at radius 1 is 1.29 bits per heavy atom. The average Bonchev–Trinajstić information content (AvgIpc) is 2.25. The minimum atomic E-state index is -0.428. The maximum absolute atomic E-state index is 11.7. The van der Waals surface area contributed by atoms with Gasteiger partial charge in [0.05, 0.1) is 6.04 Å². The molecule has 0 aromatic carbocycles. The molecule has 17 heavy (non-hydrogen) atoms. The molecule has 0 aromatic rings. The molecule has 0 bridgehead atoms. The zero-order valence-electron chi connectivity index (χ0n) is 11.6. The van der Waals surface area contributed by atoms with Crippen LogP contribution >= 0.6 is 0 Å². The standard InChI is InChI=1S/C14H28N2O/c1-5-6-7-8-9-10-11-16-13(17)12(15)14(2,3)4/h5,12H,1,6-11,15H2,2-4H3,(H,16,17)/t12-/m1/s1. The first kappa shape index (κ1) is 16.2. The van der Waals surface area contributed by atoms with Gasteiger partial charge in [0, 0.05) is 6.54 Å². The van der Waals surface area contributed by atoms with E-state index in [9.17, 15) is 4.79 Å². The van der Waals surface area contributed by atoms with Gasteiger partial charge in [-0.05, 0) is 24.7 Å². The Hall–Kier alpha value is -0.830. The molecule has 0 aliphatic carbocycles. The number of hydrogen-bond acceptors (Lipinski definition) is 2. The molecule has 0 unspecified atom stereocenters. The Labute approximate surface area is 106 Å². The van der Waals surface area contributed by atoms with Gasteiger partial charge in [-0.3, -0.25) is 4.79 Å². The number of carbonyl (C=O) groups excluding carboxylic acids is 1.